The van der Waals surface area contributed by atoms with Gasteiger partial charge < -0.3 is 4.74 Å². The number of tetrazole rings is 1. The summed E-state index contributed by atoms with van der Waals surface area (Å²) in [6, 6.07) is 15.5. The molecule has 28 heavy (non-hydrogen) atoms. The molecule has 0 bridgehead atoms. The van der Waals surface area contributed by atoms with Gasteiger partial charge in [-0.25, -0.2) is 9.48 Å². The lowest BCUT2D eigenvalue weighted by Gasteiger charge is -2.24. The van der Waals surface area contributed by atoms with Crippen molar-refractivity contribution in [3.05, 3.63) is 82.0 Å². The van der Waals surface area contributed by atoms with Crippen LogP contribution in [-0.2, 0) is 10.3 Å². The maximum Gasteiger partial charge on any atom is 0.339 e. The molecule has 0 saturated heterocycles. The molecule has 1 atom stereocenters. The van der Waals surface area contributed by atoms with Gasteiger partial charge in [0.05, 0.1) is 11.1 Å². The highest BCUT2D eigenvalue weighted by Crippen LogP contribution is 2.34. The molecule has 1 aromatic heterocycles. The van der Waals surface area contributed by atoms with Gasteiger partial charge in [-0.15, -0.1) is 5.10 Å². The summed E-state index contributed by atoms with van der Waals surface area (Å²) in [5.41, 5.74) is 9.67. The molecule has 0 amide bonds. The van der Waals surface area contributed by atoms with E-state index in [-0.39, 0.29) is 0 Å². The predicted octanol–water partition coefficient (Wildman–Crippen LogP) is 4.32. The number of carbonyl (C=O) groups excluding carboxylic acids is 1. The second-order valence-corrected chi connectivity index (χ2v) is 7.02. The van der Waals surface area contributed by atoms with Crippen molar-refractivity contribution in [3.63, 3.8) is 0 Å². The quantitative estimate of drug-likeness (QED) is 0.284. The molecule has 0 aliphatic heterocycles. The van der Waals surface area contributed by atoms with E-state index in [2.05, 4.69) is 25.6 Å². The van der Waals surface area contributed by atoms with E-state index in [0.717, 1.165) is 0 Å². The van der Waals surface area contributed by atoms with Crippen molar-refractivity contribution in [2.24, 2.45) is 5.11 Å². The predicted molar refractivity (Wildman–Crippen MR) is 102 cm³/mol. The first kappa shape index (κ1) is 19.1. The monoisotopic (exact) mass is 377 g/mol. The lowest BCUT2D eigenvalue weighted by molar-refractivity contribution is 0.0346. The van der Waals surface area contributed by atoms with Crippen LogP contribution >= 0.6 is 0 Å². The van der Waals surface area contributed by atoms with E-state index in [1.165, 1.54) is 0 Å². The van der Waals surface area contributed by atoms with E-state index in [4.69, 9.17) is 10.3 Å². The Morgan fingerprint density at radius 2 is 1.82 bits per heavy atom. The van der Waals surface area contributed by atoms with Crippen LogP contribution in [0.2, 0.25) is 0 Å². The zero-order valence-electron chi connectivity index (χ0n) is 15.7. The molecule has 0 N–H and O–H groups in total. The van der Waals surface area contributed by atoms with Crippen LogP contribution in [0.1, 0.15) is 48.6 Å². The highest BCUT2D eigenvalue weighted by Gasteiger charge is 2.31. The molecule has 0 radical (unpaired) electrons. The Balaban J connectivity index is 2.12. The van der Waals surface area contributed by atoms with E-state index in [9.17, 15) is 4.79 Å². The van der Waals surface area contributed by atoms with E-state index >= 15 is 0 Å². The van der Waals surface area contributed by atoms with Gasteiger partial charge in [-0.05, 0) is 48.9 Å². The lowest BCUT2D eigenvalue weighted by Crippen LogP contribution is -2.28. The summed E-state index contributed by atoms with van der Waals surface area (Å²) in [5, 5.41) is 15.6. The van der Waals surface area contributed by atoms with Gasteiger partial charge in [-0.1, -0.05) is 47.6 Å². The Morgan fingerprint density at radius 3 is 2.50 bits per heavy atom. The van der Waals surface area contributed by atoms with Gasteiger partial charge in [0, 0.05) is 16.2 Å². The fraction of sp³-hybridized carbons (Fsp3) is 0.263. The van der Waals surface area contributed by atoms with Gasteiger partial charge in [-0.2, -0.15) is 0 Å². The molecule has 9 heteroatoms. The highest BCUT2D eigenvalue weighted by molar-refractivity contribution is 5.89. The zero-order chi connectivity index (χ0) is 20.1. The summed E-state index contributed by atoms with van der Waals surface area (Å²) in [4.78, 5) is 15.6. The van der Waals surface area contributed by atoms with E-state index < -0.39 is 17.6 Å². The number of aromatic nitrogens is 4. The van der Waals surface area contributed by atoms with Crippen molar-refractivity contribution in [3.8, 4) is 0 Å². The van der Waals surface area contributed by atoms with Crippen LogP contribution in [0.25, 0.3) is 10.4 Å². The first-order valence-electron chi connectivity index (χ1n) is 8.60. The van der Waals surface area contributed by atoms with Gasteiger partial charge in [0.2, 0.25) is 0 Å². The van der Waals surface area contributed by atoms with Crippen LogP contribution in [0.3, 0.4) is 0 Å². The van der Waals surface area contributed by atoms with Crippen LogP contribution < -0.4 is 0 Å². The number of benzene rings is 2. The third kappa shape index (κ3) is 3.99. The fourth-order valence-corrected chi connectivity index (χ4v) is 2.69. The Labute approximate surface area is 161 Å². The average molecular weight is 377 g/mol. The van der Waals surface area contributed by atoms with E-state index in [0.29, 0.717) is 22.6 Å². The SMILES string of the molecule is CC(C)(C)n1nnnc1C(OC(=O)c1ccccc1)c1ccccc1N=[N+]=[N-]. The number of azide groups is 1. The summed E-state index contributed by atoms with van der Waals surface area (Å²) >= 11 is 0. The molecule has 142 valence electrons. The smallest absolute Gasteiger partial charge is 0.339 e. The fourth-order valence-electron chi connectivity index (χ4n) is 2.69. The second-order valence-electron chi connectivity index (χ2n) is 7.02. The summed E-state index contributed by atoms with van der Waals surface area (Å²) in [5.74, 6) is -0.206. The van der Waals surface area contributed by atoms with E-state index in [1.807, 2.05) is 26.8 Å². The van der Waals surface area contributed by atoms with Crippen LogP contribution in [-0.4, -0.2) is 26.2 Å². The third-order valence-corrected chi connectivity index (χ3v) is 3.97. The maximum atomic E-state index is 12.8. The third-order valence-electron chi connectivity index (χ3n) is 3.97. The lowest BCUT2D eigenvalue weighted by atomic mass is 10.0. The summed E-state index contributed by atoms with van der Waals surface area (Å²) in [6.07, 6.45) is -0.955. The normalized spacial score (nSPS) is 12.1. The van der Waals surface area contributed by atoms with Gasteiger partial charge in [-0.3, -0.25) is 0 Å². The van der Waals surface area contributed by atoms with Crippen LogP contribution in [0, 0.1) is 0 Å². The van der Waals surface area contributed by atoms with Crippen molar-refractivity contribution < 1.29 is 9.53 Å². The molecule has 1 heterocycles. The Kier molecular flexibility index (Phi) is 5.37. The Morgan fingerprint density at radius 1 is 1.14 bits per heavy atom. The molecule has 0 fully saturated rings. The summed E-state index contributed by atoms with van der Waals surface area (Å²) in [6.45, 7) is 5.80. The molecular formula is C19H19N7O2. The van der Waals surface area contributed by atoms with Crippen molar-refractivity contribution >= 4 is 11.7 Å². The molecule has 0 aliphatic carbocycles. The number of ether oxygens (including phenoxy) is 1. The molecule has 3 rings (SSSR count). The van der Waals surface area contributed by atoms with Gasteiger partial charge >= 0.3 is 5.97 Å². The first-order chi connectivity index (χ1) is 13.4. The van der Waals surface area contributed by atoms with Crippen molar-refractivity contribution in [1.29, 1.82) is 0 Å². The highest BCUT2D eigenvalue weighted by atomic mass is 16.5. The molecule has 0 spiro atoms. The number of hydrogen-bond donors (Lipinski definition) is 0. The number of carbonyl (C=O) groups is 1. The second kappa shape index (κ2) is 7.89. The molecular weight excluding hydrogens is 358 g/mol. The van der Waals surface area contributed by atoms with Crippen LogP contribution in [0.4, 0.5) is 5.69 Å². The van der Waals surface area contributed by atoms with Gasteiger partial charge in [0.25, 0.3) is 0 Å². The topological polar surface area (TPSA) is 119 Å². The maximum absolute atomic E-state index is 12.8. The molecule has 1 unspecified atom stereocenters. The molecule has 0 aliphatic rings. The van der Waals surface area contributed by atoms with E-state index in [1.54, 1.807) is 53.2 Å². The number of rotatable bonds is 5. The minimum atomic E-state index is -0.955. The van der Waals surface area contributed by atoms with Crippen LogP contribution in [0.5, 0.6) is 0 Å². The largest absolute Gasteiger partial charge is 0.445 e. The minimum absolute atomic E-state index is 0.331. The Bertz CT molecular complexity index is 1020. The molecule has 3 aromatic rings. The number of nitrogens with zero attached hydrogens (tertiary/aromatic N) is 7. The molecule has 9 nitrogen and oxygen atoms in total. The molecule has 2 aromatic carbocycles. The van der Waals surface area contributed by atoms with Crippen molar-refractivity contribution in [2.75, 3.05) is 0 Å². The minimum Gasteiger partial charge on any atom is -0.445 e. The average Bonchev–Trinajstić information content (AvgIpc) is 3.18. The zero-order valence-corrected chi connectivity index (χ0v) is 15.7. The number of hydrogen-bond acceptors (Lipinski definition) is 6. The molecule has 0 saturated carbocycles. The first-order valence-corrected chi connectivity index (χ1v) is 8.60. The summed E-state index contributed by atoms with van der Waals surface area (Å²) in [7, 11) is 0. The number of esters is 1. The Hall–Kier alpha value is -3.71. The van der Waals surface area contributed by atoms with Crippen molar-refractivity contribution in [2.45, 2.75) is 32.4 Å². The standard InChI is InChI=1S/C19H19N7O2/c1-19(2,3)26-17(22-24-25-26)16(14-11-7-8-12-15(14)21-23-20)28-18(27)13-9-5-4-6-10-13/h4-12,16H,1-3H3. The summed E-state index contributed by atoms with van der Waals surface area (Å²) < 4.78 is 7.39. The van der Waals surface area contributed by atoms with Crippen molar-refractivity contribution in [1.82, 2.24) is 20.2 Å². The van der Waals surface area contributed by atoms with Crippen LogP contribution in [0.15, 0.2) is 59.7 Å². The van der Waals surface area contributed by atoms with Gasteiger partial charge in [0.15, 0.2) is 11.9 Å². The van der Waals surface area contributed by atoms with Gasteiger partial charge in [0.1, 0.15) is 0 Å².